The van der Waals surface area contributed by atoms with Crippen molar-refractivity contribution in [2.45, 2.75) is 25.6 Å². The van der Waals surface area contributed by atoms with Gasteiger partial charge in [-0.05, 0) is 25.5 Å². The quantitative estimate of drug-likeness (QED) is 0.411. The Morgan fingerprint density at radius 2 is 2.12 bits per heavy atom. The van der Waals surface area contributed by atoms with Gasteiger partial charge in [-0.25, -0.2) is 14.8 Å². The van der Waals surface area contributed by atoms with E-state index in [1.54, 1.807) is 6.07 Å². The molecule has 0 unspecified atom stereocenters. The minimum Gasteiger partial charge on any atom is -0.453 e. The van der Waals surface area contributed by atoms with Gasteiger partial charge in [-0.3, -0.25) is 5.32 Å². The highest BCUT2D eigenvalue weighted by Gasteiger charge is 2.36. The lowest BCUT2D eigenvalue weighted by Gasteiger charge is -2.23. The number of H-pyrrole nitrogens is 1. The molecule has 1 aromatic carbocycles. The Morgan fingerprint density at radius 1 is 1.33 bits per heavy atom. The molecular formula is C21H20ClF3N6O2. The van der Waals surface area contributed by atoms with E-state index in [9.17, 15) is 18.0 Å². The molecule has 33 heavy (non-hydrogen) atoms. The molecule has 12 heteroatoms. The molecule has 4 rings (SSSR count). The van der Waals surface area contributed by atoms with Gasteiger partial charge in [0.15, 0.2) is 0 Å². The number of halogens is 4. The number of hydrogen-bond donors (Lipinski definition) is 4. The summed E-state index contributed by atoms with van der Waals surface area (Å²) in [5.74, 6) is 0.0854. The fraction of sp³-hybridized carbons (Fsp3) is 0.286. The first kappa shape index (κ1) is 22.7. The first-order valence-electron chi connectivity index (χ1n) is 9.93. The summed E-state index contributed by atoms with van der Waals surface area (Å²) in [6, 6.07) is 2.96. The summed E-state index contributed by atoms with van der Waals surface area (Å²) < 4.78 is 45.9. The third-order valence-electron chi connectivity index (χ3n) is 5.23. The summed E-state index contributed by atoms with van der Waals surface area (Å²) in [5, 5.41) is 9.26. The van der Waals surface area contributed by atoms with Crippen molar-refractivity contribution < 1.29 is 22.7 Å². The molecule has 0 radical (unpaired) electrons. The van der Waals surface area contributed by atoms with Crippen LogP contribution >= 0.6 is 11.6 Å². The summed E-state index contributed by atoms with van der Waals surface area (Å²) in [4.78, 5) is 22.5. The van der Waals surface area contributed by atoms with Gasteiger partial charge in [0.1, 0.15) is 5.56 Å². The number of anilines is 2. The molecule has 3 heterocycles. The van der Waals surface area contributed by atoms with Crippen LogP contribution in [0.25, 0.3) is 22.2 Å². The van der Waals surface area contributed by atoms with Gasteiger partial charge in [0.2, 0.25) is 5.95 Å². The Hall–Kier alpha value is -3.47. The number of ether oxygens (including phenoxy) is 1. The summed E-state index contributed by atoms with van der Waals surface area (Å²) >= 11 is 6.36. The number of nitrogens with zero attached hydrogens (tertiary/aromatic N) is 2. The fourth-order valence-corrected chi connectivity index (χ4v) is 3.80. The van der Waals surface area contributed by atoms with Crippen molar-refractivity contribution in [3.8, 4) is 11.3 Å². The van der Waals surface area contributed by atoms with Gasteiger partial charge in [-0.15, -0.1) is 0 Å². The number of amides is 1. The van der Waals surface area contributed by atoms with Gasteiger partial charge >= 0.3 is 12.3 Å². The van der Waals surface area contributed by atoms with E-state index in [2.05, 4.69) is 35.6 Å². The zero-order valence-electron chi connectivity index (χ0n) is 17.6. The molecule has 0 aliphatic carbocycles. The lowest BCUT2D eigenvalue weighted by Crippen LogP contribution is -2.35. The molecule has 0 saturated carbocycles. The molecule has 1 aliphatic heterocycles. The van der Waals surface area contributed by atoms with Crippen molar-refractivity contribution in [3.63, 3.8) is 0 Å². The number of rotatable bonds is 4. The van der Waals surface area contributed by atoms with Crippen LogP contribution in [-0.4, -0.2) is 40.7 Å². The molecule has 174 valence electrons. The molecule has 0 spiro atoms. The van der Waals surface area contributed by atoms with E-state index in [0.29, 0.717) is 23.9 Å². The van der Waals surface area contributed by atoms with E-state index < -0.39 is 17.8 Å². The smallest absolute Gasteiger partial charge is 0.419 e. The van der Waals surface area contributed by atoms with Gasteiger partial charge in [0.05, 0.1) is 29.0 Å². The maximum absolute atomic E-state index is 13.8. The predicted molar refractivity (Wildman–Crippen MR) is 119 cm³/mol. The largest absolute Gasteiger partial charge is 0.453 e. The molecular weight excluding hydrogens is 461 g/mol. The number of carbonyl (C=O) groups is 1. The Labute approximate surface area is 191 Å². The van der Waals surface area contributed by atoms with E-state index in [-0.39, 0.29) is 34.0 Å². The van der Waals surface area contributed by atoms with Crippen LogP contribution in [0.5, 0.6) is 0 Å². The number of hydrogen-bond acceptors (Lipinski definition) is 6. The van der Waals surface area contributed by atoms with E-state index >= 15 is 0 Å². The molecule has 1 amide bonds. The van der Waals surface area contributed by atoms with Crippen molar-refractivity contribution in [1.82, 2.24) is 20.3 Å². The van der Waals surface area contributed by atoms with Crippen LogP contribution in [0.4, 0.5) is 29.6 Å². The molecule has 2 aromatic heterocycles. The minimum atomic E-state index is -4.67. The first-order chi connectivity index (χ1) is 15.7. The number of allylic oxidation sites excluding steroid dienone is 1. The minimum absolute atomic E-state index is 0.0670. The third-order valence-corrected chi connectivity index (χ3v) is 5.63. The second-order valence-corrected chi connectivity index (χ2v) is 7.85. The normalized spacial score (nSPS) is 16.2. The maximum atomic E-state index is 13.8. The number of benzene rings is 1. The fourth-order valence-electron chi connectivity index (χ4n) is 3.53. The van der Waals surface area contributed by atoms with Gasteiger partial charge in [0, 0.05) is 41.6 Å². The van der Waals surface area contributed by atoms with Crippen LogP contribution < -0.4 is 16.0 Å². The predicted octanol–water partition coefficient (Wildman–Crippen LogP) is 5.15. The van der Waals surface area contributed by atoms with E-state index in [1.165, 1.54) is 19.4 Å². The monoisotopic (exact) mass is 480 g/mol. The molecule has 4 N–H and O–H groups in total. The second kappa shape index (κ2) is 8.81. The molecule has 8 nitrogen and oxygen atoms in total. The van der Waals surface area contributed by atoms with Gasteiger partial charge in [-0.2, -0.15) is 13.2 Å². The summed E-state index contributed by atoms with van der Waals surface area (Å²) in [6.45, 7) is 2.54. The molecule has 0 saturated heterocycles. The maximum Gasteiger partial charge on any atom is 0.419 e. The topological polar surface area (TPSA) is 104 Å². The molecule has 3 aromatic rings. The molecule has 1 atom stereocenters. The van der Waals surface area contributed by atoms with Crippen molar-refractivity contribution in [2.75, 3.05) is 24.3 Å². The van der Waals surface area contributed by atoms with Gasteiger partial charge < -0.3 is 20.4 Å². The Morgan fingerprint density at radius 3 is 2.79 bits per heavy atom. The zero-order valence-corrected chi connectivity index (χ0v) is 18.4. The van der Waals surface area contributed by atoms with Crippen LogP contribution in [0.1, 0.15) is 18.9 Å². The molecule has 0 fully saturated rings. The number of aromatic amines is 1. The third kappa shape index (κ3) is 4.68. The van der Waals surface area contributed by atoms with Crippen molar-refractivity contribution in [2.24, 2.45) is 0 Å². The van der Waals surface area contributed by atoms with Crippen LogP contribution in [-0.2, 0) is 10.9 Å². The highest BCUT2D eigenvalue weighted by atomic mass is 35.5. The van der Waals surface area contributed by atoms with Crippen LogP contribution in [0.2, 0.25) is 5.02 Å². The second-order valence-electron chi connectivity index (χ2n) is 7.47. The van der Waals surface area contributed by atoms with Gasteiger partial charge in [0.25, 0.3) is 0 Å². The standard InChI is InChI=1S/C21H20ClF3N6O2/c1-10-3-4-11(7-26-10)29-19-28-9-14(21(23,24)25)17(31-19)13-8-27-18-12(13)5-6-15(16(18)22)30-20(32)33-2/h3,5-6,8-9,11,26-27H,4,7H2,1-2H3,(H,30,32)(H,28,29,31)/t11-/m0/s1. The Balaban J connectivity index is 1.76. The van der Waals surface area contributed by atoms with Crippen molar-refractivity contribution in [3.05, 3.63) is 46.9 Å². The number of methoxy groups -OCH3 is 1. The van der Waals surface area contributed by atoms with Gasteiger partial charge in [-0.1, -0.05) is 17.7 Å². The SMILES string of the molecule is COC(=O)Nc1ccc2c(-c3nc(N[C@H]4CC=C(C)NC4)ncc3C(F)(F)F)c[nH]c2c1Cl. The van der Waals surface area contributed by atoms with E-state index in [4.69, 9.17) is 11.6 Å². The summed E-state index contributed by atoms with van der Waals surface area (Å²) in [7, 11) is 1.20. The Bertz CT molecular complexity index is 1240. The number of carbonyl (C=O) groups excluding carboxylic acids is 1. The number of fused-ring (bicyclic) bond motifs is 1. The highest BCUT2D eigenvalue weighted by Crippen LogP contribution is 2.41. The lowest BCUT2D eigenvalue weighted by atomic mass is 10.1. The summed E-state index contributed by atoms with van der Waals surface area (Å²) in [5.41, 5.74) is 0.578. The van der Waals surface area contributed by atoms with Crippen molar-refractivity contribution in [1.29, 1.82) is 0 Å². The molecule has 0 bridgehead atoms. The first-order valence-corrected chi connectivity index (χ1v) is 10.3. The number of alkyl halides is 3. The highest BCUT2D eigenvalue weighted by molar-refractivity contribution is 6.38. The Kier molecular flexibility index (Phi) is 6.07. The summed E-state index contributed by atoms with van der Waals surface area (Å²) in [6.07, 6.45) is -0.537. The van der Waals surface area contributed by atoms with Crippen LogP contribution in [0.3, 0.4) is 0 Å². The van der Waals surface area contributed by atoms with Crippen LogP contribution in [0.15, 0.2) is 36.3 Å². The average molecular weight is 481 g/mol. The number of nitrogens with one attached hydrogen (secondary N) is 4. The zero-order chi connectivity index (χ0) is 23.8. The van der Waals surface area contributed by atoms with Crippen molar-refractivity contribution >= 4 is 40.2 Å². The van der Waals surface area contributed by atoms with E-state index in [1.807, 2.05) is 13.0 Å². The van der Waals surface area contributed by atoms with Crippen LogP contribution in [0, 0.1) is 0 Å². The van der Waals surface area contributed by atoms with E-state index in [0.717, 1.165) is 11.9 Å². The molecule has 1 aliphatic rings. The number of aromatic nitrogens is 3. The lowest BCUT2D eigenvalue weighted by molar-refractivity contribution is -0.137. The average Bonchev–Trinajstić information content (AvgIpc) is 3.21.